The molecular weight excluding hydrogens is 287 g/mol. The highest BCUT2D eigenvalue weighted by Crippen LogP contribution is 2.34. The lowest BCUT2D eigenvalue weighted by Gasteiger charge is -2.19. The zero-order valence-electron chi connectivity index (χ0n) is 10.8. The number of benzene rings is 1. The molecule has 0 aliphatic carbocycles. The van der Waals surface area contributed by atoms with Gasteiger partial charge in [-0.2, -0.15) is 13.2 Å². The molecule has 2 rings (SSSR count). The first-order valence-corrected chi connectivity index (χ1v) is 6.81. The van der Waals surface area contributed by atoms with Gasteiger partial charge in [-0.05, 0) is 12.1 Å². The Bertz CT molecular complexity index is 539. The number of nitrogens with zero attached hydrogens (tertiary/aromatic N) is 2. The molecule has 0 unspecified atom stereocenters. The van der Waals surface area contributed by atoms with Crippen molar-refractivity contribution in [1.82, 2.24) is 4.98 Å². The third kappa shape index (κ3) is 3.86. The number of hydrogen-bond donors (Lipinski definition) is 1. The van der Waals surface area contributed by atoms with Gasteiger partial charge in [0.2, 0.25) is 0 Å². The summed E-state index contributed by atoms with van der Waals surface area (Å²) in [5.74, 6) is 0. The van der Waals surface area contributed by atoms with E-state index < -0.39 is 11.1 Å². The minimum atomic E-state index is -4.32. The quantitative estimate of drug-likeness (QED) is 0.912. The standard InChI is InChI=1S/C13H14F3N3S/c1-19(10-5-3-2-4-6-10)8-7-17-12-18-9-11(20-12)13(14,15)16/h2-6,9H,7-8H2,1H3,(H,17,18). The minimum Gasteiger partial charge on any atom is -0.373 e. The van der Waals surface area contributed by atoms with Gasteiger partial charge in [-0.15, -0.1) is 0 Å². The van der Waals surface area contributed by atoms with Gasteiger partial charge in [0, 0.05) is 25.8 Å². The molecule has 1 heterocycles. The van der Waals surface area contributed by atoms with Crippen LogP contribution in [0.3, 0.4) is 0 Å². The Labute approximate surface area is 119 Å². The molecule has 0 bridgehead atoms. The van der Waals surface area contributed by atoms with Crippen molar-refractivity contribution >= 4 is 22.2 Å². The monoisotopic (exact) mass is 301 g/mol. The van der Waals surface area contributed by atoms with Crippen LogP contribution in [0.15, 0.2) is 36.5 Å². The van der Waals surface area contributed by atoms with E-state index in [9.17, 15) is 13.2 Å². The van der Waals surface area contributed by atoms with E-state index in [1.165, 1.54) is 0 Å². The van der Waals surface area contributed by atoms with E-state index in [1.807, 2.05) is 42.3 Å². The van der Waals surface area contributed by atoms with Crippen molar-refractivity contribution < 1.29 is 13.2 Å². The van der Waals surface area contributed by atoms with Crippen molar-refractivity contribution in [3.63, 3.8) is 0 Å². The Morgan fingerprint density at radius 1 is 1.25 bits per heavy atom. The van der Waals surface area contributed by atoms with Crippen LogP contribution in [0, 0.1) is 0 Å². The number of aromatic nitrogens is 1. The number of likely N-dealkylation sites (N-methyl/N-ethyl adjacent to an activating group) is 1. The van der Waals surface area contributed by atoms with Gasteiger partial charge in [-0.3, -0.25) is 0 Å². The van der Waals surface area contributed by atoms with Crippen LogP contribution < -0.4 is 10.2 Å². The molecule has 0 aliphatic rings. The summed E-state index contributed by atoms with van der Waals surface area (Å²) in [6.07, 6.45) is -3.47. The molecule has 3 nitrogen and oxygen atoms in total. The van der Waals surface area contributed by atoms with E-state index in [-0.39, 0.29) is 0 Å². The molecule has 7 heteroatoms. The average molecular weight is 301 g/mol. The number of hydrogen-bond acceptors (Lipinski definition) is 4. The molecule has 1 N–H and O–H groups in total. The van der Waals surface area contributed by atoms with Gasteiger partial charge < -0.3 is 10.2 Å². The summed E-state index contributed by atoms with van der Waals surface area (Å²) in [7, 11) is 1.93. The lowest BCUT2D eigenvalue weighted by atomic mass is 10.3. The lowest BCUT2D eigenvalue weighted by molar-refractivity contribution is -0.134. The maximum absolute atomic E-state index is 12.4. The number of halogens is 3. The Kier molecular flexibility index (Phi) is 4.49. The second-order valence-corrected chi connectivity index (χ2v) is 5.24. The fourth-order valence-electron chi connectivity index (χ4n) is 1.63. The summed E-state index contributed by atoms with van der Waals surface area (Å²) in [6.45, 7) is 1.20. The third-order valence-corrected chi connectivity index (χ3v) is 3.71. The topological polar surface area (TPSA) is 28.2 Å². The van der Waals surface area contributed by atoms with Crippen LogP contribution in [0.25, 0.3) is 0 Å². The average Bonchev–Trinajstić information content (AvgIpc) is 2.88. The summed E-state index contributed by atoms with van der Waals surface area (Å²) >= 11 is 0.622. The van der Waals surface area contributed by atoms with Gasteiger partial charge in [0.05, 0.1) is 6.20 Å². The van der Waals surface area contributed by atoms with Crippen molar-refractivity contribution in [3.8, 4) is 0 Å². The molecule has 0 saturated heterocycles. The molecule has 1 aromatic heterocycles. The van der Waals surface area contributed by atoms with Gasteiger partial charge in [0.15, 0.2) is 5.13 Å². The van der Waals surface area contributed by atoms with Gasteiger partial charge in [0.1, 0.15) is 4.88 Å². The molecule has 0 atom stereocenters. The fraction of sp³-hybridized carbons (Fsp3) is 0.308. The van der Waals surface area contributed by atoms with Crippen molar-refractivity contribution in [2.75, 3.05) is 30.4 Å². The van der Waals surface area contributed by atoms with E-state index in [0.29, 0.717) is 29.6 Å². The number of thiazole rings is 1. The van der Waals surface area contributed by atoms with Crippen LogP contribution in [-0.2, 0) is 6.18 Å². The number of para-hydroxylation sites is 1. The van der Waals surface area contributed by atoms with Crippen LogP contribution >= 0.6 is 11.3 Å². The summed E-state index contributed by atoms with van der Waals surface area (Å²) in [5, 5.41) is 3.19. The van der Waals surface area contributed by atoms with Crippen molar-refractivity contribution in [1.29, 1.82) is 0 Å². The number of alkyl halides is 3. The molecule has 2 aromatic rings. The van der Waals surface area contributed by atoms with E-state index in [2.05, 4.69) is 10.3 Å². The second-order valence-electron chi connectivity index (χ2n) is 4.21. The van der Waals surface area contributed by atoms with Crippen molar-refractivity contribution in [3.05, 3.63) is 41.4 Å². The Balaban J connectivity index is 1.83. The zero-order valence-corrected chi connectivity index (χ0v) is 11.6. The molecule has 0 radical (unpaired) electrons. The van der Waals surface area contributed by atoms with Gasteiger partial charge in [0.25, 0.3) is 0 Å². The smallest absolute Gasteiger partial charge is 0.373 e. The molecular formula is C13H14F3N3S. The molecule has 20 heavy (non-hydrogen) atoms. The summed E-state index contributed by atoms with van der Waals surface area (Å²) < 4.78 is 37.2. The Morgan fingerprint density at radius 3 is 2.55 bits per heavy atom. The number of anilines is 2. The van der Waals surface area contributed by atoms with Crippen LogP contribution in [0.2, 0.25) is 0 Å². The van der Waals surface area contributed by atoms with Gasteiger partial charge in [-0.1, -0.05) is 29.5 Å². The molecule has 0 saturated carbocycles. The van der Waals surface area contributed by atoms with Crippen LogP contribution in [-0.4, -0.2) is 25.1 Å². The molecule has 1 aromatic carbocycles. The second kappa shape index (κ2) is 6.13. The van der Waals surface area contributed by atoms with Crippen LogP contribution in [0.4, 0.5) is 24.0 Å². The Morgan fingerprint density at radius 2 is 1.95 bits per heavy atom. The Hall–Kier alpha value is -1.76. The highest BCUT2D eigenvalue weighted by Gasteiger charge is 2.33. The summed E-state index contributed by atoms with van der Waals surface area (Å²) in [4.78, 5) is 5.06. The van der Waals surface area contributed by atoms with E-state index in [4.69, 9.17) is 0 Å². The summed E-state index contributed by atoms with van der Waals surface area (Å²) in [6, 6.07) is 9.77. The maximum Gasteiger partial charge on any atom is 0.427 e. The van der Waals surface area contributed by atoms with Crippen molar-refractivity contribution in [2.24, 2.45) is 0 Å². The predicted octanol–water partition coefficient (Wildman–Crippen LogP) is 3.71. The van der Waals surface area contributed by atoms with E-state index in [1.54, 1.807) is 0 Å². The van der Waals surface area contributed by atoms with Crippen LogP contribution in [0.5, 0.6) is 0 Å². The number of nitrogens with one attached hydrogen (secondary N) is 1. The minimum absolute atomic E-state index is 0.291. The molecule has 0 spiro atoms. The van der Waals surface area contributed by atoms with Crippen molar-refractivity contribution in [2.45, 2.75) is 6.18 Å². The molecule has 0 fully saturated rings. The van der Waals surface area contributed by atoms with E-state index in [0.717, 1.165) is 11.9 Å². The molecule has 108 valence electrons. The summed E-state index contributed by atoms with van der Waals surface area (Å²) in [5.41, 5.74) is 1.06. The molecule has 0 amide bonds. The zero-order chi connectivity index (χ0) is 14.6. The fourth-order valence-corrected chi connectivity index (χ4v) is 2.34. The maximum atomic E-state index is 12.4. The highest BCUT2D eigenvalue weighted by atomic mass is 32.1. The first-order valence-electron chi connectivity index (χ1n) is 6.00. The first-order chi connectivity index (χ1) is 9.47. The SMILES string of the molecule is CN(CCNc1ncc(C(F)(F)F)s1)c1ccccc1. The molecule has 0 aliphatic heterocycles. The third-order valence-electron chi connectivity index (χ3n) is 2.71. The highest BCUT2D eigenvalue weighted by molar-refractivity contribution is 7.15. The van der Waals surface area contributed by atoms with Gasteiger partial charge >= 0.3 is 6.18 Å². The lowest BCUT2D eigenvalue weighted by Crippen LogP contribution is -2.24. The number of rotatable bonds is 5. The van der Waals surface area contributed by atoms with Gasteiger partial charge in [-0.25, -0.2) is 4.98 Å². The largest absolute Gasteiger partial charge is 0.427 e. The van der Waals surface area contributed by atoms with Crippen LogP contribution in [0.1, 0.15) is 4.88 Å². The normalized spacial score (nSPS) is 11.4. The first kappa shape index (κ1) is 14.6. The van der Waals surface area contributed by atoms with E-state index >= 15 is 0 Å². The predicted molar refractivity (Wildman–Crippen MR) is 75.3 cm³/mol.